The second kappa shape index (κ2) is 6.06. The maximum absolute atomic E-state index is 6.01. The van der Waals surface area contributed by atoms with Crippen LogP contribution in [0.25, 0.3) is 10.2 Å². The van der Waals surface area contributed by atoms with Crippen molar-refractivity contribution >= 4 is 27.4 Å². The van der Waals surface area contributed by atoms with E-state index < -0.39 is 0 Å². The molecule has 0 unspecified atom stereocenters. The number of thiophene rings is 1. The first kappa shape index (κ1) is 13.8. The maximum atomic E-state index is 6.01. The summed E-state index contributed by atoms with van der Waals surface area (Å²) in [6, 6.07) is 2.00. The van der Waals surface area contributed by atoms with Crippen LogP contribution in [0.3, 0.4) is 0 Å². The van der Waals surface area contributed by atoms with E-state index >= 15 is 0 Å². The van der Waals surface area contributed by atoms with E-state index in [9.17, 15) is 0 Å². The molecule has 5 heteroatoms. The van der Waals surface area contributed by atoms with Crippen LogP contribution in [-0.2, 0) is 6.54 Å². The minimum Gasteiger partial charge on any atom is -0.383 e. The van der Waals surface area contributed by atoms with E-state index in [1.807, 2.05) is 11.4 Å². The van der Waals surface area contributed by atoms with Crippen molar-refractivity contribution in [3.63, 3.8) is 0 Å². The number of piperidine rings is 1. The first-order valence-corrected chi connectivity index (χ1v) is 8.36. The molecule has 3 heterocycles. The molecular formula is C15H22N4S. The Hall–Kier alpha value is -1.20. The van der Waals surface area contributed by atoms with Crippen molar-refractivity contribution in [2.45, 2.75) is 39.2 Å². The summed E-state index contributed by atoms with van der Waals surface area (Å²) in [5.74, 6) is 2.40. The van der Waals surface area contributed by atoms with E-state index in [-0.39, 0.29) is 0 Å². The molecular weight excluding hydrogens is 268 g/mol. The highest BCUT2D eigenvalue weighted by Crippen LogP contribution is 2.25. The number of nitrogens with zero attached hydrogens (tertiary/aromatic N) is 3. The zero-order valence-electron chi connectivity index (χ0n) is 12.0. The van der Waals surface area contributed by atoms with Gasteiger partial charge >= 0.3 is 0 Å². The summed E-state index contributed by atoms with van der Waals surface area (Å²) < 4.78 is 0. The molecule has 1 aliphatic rings. The van der Waals surface area contributed by atoms with Crippen LogP contribution in [0.5, 0.6) is 0 Å². The van der Waals surface area contributed by atoms with Crippen molar-refractivity contribution in [2.24, 2.45) is 5.92 Å². The molecule has 2 aromatic rings. The van der Waals surface area contributed by atoms with Crippen LogP contribution in [0.15, 0.2) is 11.4 Å². The Labute approximate surface area is 124 Å². The normalized spacial score (nSPS) is 17.9. The first-order chi connectivity index (χ1) is 9.76. The lowest BCUT2D eigenvalue weighted by molar-refractivity contribution is 0.168. The Balaban J connectivity index is 1.65. The van der Waals surface area contributed by atoms with Crippen LogP contribution >= 0.6 is 11.3 Å². The monoisotopic (exact) mass is 290 g/mol. The van der Waals surface area contributed by atoms with Crippen molar-refractivity contribution in [3.05, 3.63) is 17.3 Å². The number of anilines is 1. The molecule has 0 aromatic carbocycles. The van der Waals surface area contributed by atoms with E-state index in [2.05, 4.69) is 21.8 Å². The number of likely N-dealkylation sites (tertiary alicyclic amines) is 1. The van der Waals surface area contributed by atoms with Gasteiger partial charge in [0, 0.05) is 0 Å². The van der Waals surface area contributed by atoms with Gasteiger partial charge in [-0.3, -0.25) is 4.90 Å². The SMILES string of the molecule is CCCC1CCN(Cc2nc(N)c3ccsc3n2)CC1. The fraction of sp³-hybridized carbons (Fsp3) is 0.600. The van der Waals surface area contributed by atoms with E-state index in [1.54, 1.807) is 11.3 Å². The molecule has 0 spiro atoms. The van der Waals surface area contributed by atoms with Gasteiger partial charge in [0.1, 0.15) is 16.5 Å². The van der Waals surface area contributed by atoms with Crippen LogP contribution in [-0.4, -0.2) is 28.0 Å². The lowest BCUT2D eigenvalue weighted by Gasteiger charge is -2.31. The highest BCUT2D eigenvalue weighted by atomic mass is 32.1. The highest BCUT2D eigenvalue weighted by molar-refractivity contribution is 7.16. The van der Waals surface area contributed by atoms with Crippen molar-refractivity contribution in [1.82, 2.24) is 14.9 Å². The average Bonchev–Trinajstić information content (AvgIpc) is 2.90. The molecule has 1 aliphatic heterocycles. The van der Waals surface area contributed by atoms with E-state index in [1.165, 1.54) is 25.7 Å². The number of aromatic nitrogens is 2. The van der Waals surface area contributed by atoms with Gasteiger partial charge in [-0.15, -0.1) is 11.3 Å². The molecule has 0 radical (unpaired) electrons. The Morgan fingerprint density at radius 3 is 2.90 bits per heavy atom. The van der Waals surface area contributed by atoms with Crippen molar-refractivity contribution in [3.8, 4) is 0 Å². The summed E-state index contributed by atoms with van der Waals surface area (Å²) in [5.41, 5.74) is 6.01. The van der Waals surface area contributed by atoms with Crippen LogP contribution in [0, 0.1) is 5.92 Å². The summed E-state index contributed by atoms with van der Waals surface area (Å²) >= 11 is 1.64. The fourth-order valence-corrected chi connectivity index (χ4v) is 3.83. The lowest BCUT2D eigenvalue weighted by atomic mass is 9.92. The minimum absolute atomic E-state index is 0.618. The number of rotatable bonds is 4. The van der Waals surface area contributed by atoms with Crippen LogP contribution < -0.4 is 5.73 Å². The molecule has 4 nitrogen and oxygen atoms in total. The van der Waals surface area contributed by atoms with Gasteiger partial charge in [0.05, 0.1) is 11.9 Å². The summed E-state index contributed by atoms with van der Waals surface area (Å²) in [7, 11) is 0. The van der Waals surface area contributed by atoms with Crippen molar-refractivity contribution in [2.75, 3.05) is 18.8 Å². The number of hydrogen-bond acceptors (Lipinski definition) is 5. The third-order valence-corrected chi connectivity index (χ3v) is 4.98. The van der Waals surface area contributed by atoms with Crippen molar-refractivity contribution in [1.29, 1.82) is 0 Å². The molecule has 108 valence electrons. The number of nitrogen functional groups attached to an aromatic ring is 1. The summed E-state index contributed by atoms with van der Waals surface area (Å²) in [6.07, 6.45) is 5.30. The molecule has 0 aliphatic carbocycles. The molecule has 1 fully saturated rings. The molecule has 0 bridgehead atoms. The van der Waals surface area contributed by atoms with Crippen LogP contribution in [0.1, 0.15) is 38.4 Å². The smallest absolute Gasteiger partial charge is 0.146 e. The second-order valence-corrected chi connectivity index (χ2v) is 6.57. The third kappa shape index (κ3) is 2.94. The standard InChI is InChI=1S/C15H22N4S/c1-2-3-11-4-7-19(8-5-11)10-13-17-14(16)12-6-9-20-15(12)18-13/h6,9,11H,2-5,7-8,10H2,1H3,(H2,16,17,18). The van der Waals surface area contributed by atoms with E-state index in [4.69, 9.17) is 5.73 Å². The Morgan fingerprint density at radius 1 is 1.35 bits per heavy atom. The Morgan fingerprint density at radius 2 is 2.15 bits per heavy atom. The van der Waals surface area contributed by atoms with Gasteiger partial charge < -0.3 is 5.73 Å². The number of fused-ring (bicyclic) bond motifs is 1. The first-order valence-electron chi connectivity index (χ1n) is 7.48. The van der Waals surface area contributed by atoms with Crippen LogP contribution in [0.2, 0.25) is 0 Å². The topological polar surface area (TPSA) is 55.0 Å². The molecule has 1 saturated heterocycles. The van der Waals surface area contributed by atoms with Crippen molar-refractivity contribution < 1.29 is 0 Å². The lowest BCUT2D eigenvalue weighted by Crippen LogP contribution is -2.33. The van der Waals surface area contributed by atoms with Gasteiger partial charge in [-0.05, 0) is 43.3 Å². The van der Waals surface area contributed by atoms with Gasteiger partial charge in [0.2, 0.25) is 0 Å². The average molecular weight is 290 g/mol. The maximum Gasteiger partial charge on any atom is 0.146 e. The van der Waals surface area contributed by atoms with Gasteiger partial charge in [-0.25, -0.2) is 9.97 Å². The second-order valence-electron chi connectivity index (χ2n) is 5.67. The van der Waals surface area contributed by atoms with Crippen LogP contribution in [0.4, 0.5) is 5.82 Å². The Bertz CT molecular complexity index is 572. The predicted octanol–water partition coefficient (Wildman–Crippen LogP) is 3.29. The zero-order valence-corrected chi connectivity index (χ0v) is 12.8. The third-order valence-electron chi connectivity index (χ3n) is 4.17. The Kier molecular flexibility index (Phi) is 4.17. The molecule has 2 aromatic heterocycles. The molecule has 2 N–H and O–H groups in total. The quantitative estimate of drug-likeness (QED) is 0.939. The minimum atomic E-state index is 0.618. The summed E-state index contributed by atoms with van der Waals surface area (Å²) in [4.78, 5) is 12.6. The molecule has 0 atom stereocenters. The molecule has 20 heavy (non-hydrogen) atoms. The predicted molar refractivity (Wildman–Crippen MR) is 84.7 cm³/mol. The summed E-state index contributed by atoms with van der Waals surface area (Å²) in [6.45, 7) is 5.43. The number of nitrogens with two attached hydrogens (primary N) is 1. The van der Waals surface area contributed by atoms with Gasteiger partial charge in [0.25, 0.3) is 0 Å². The van der Waals surface area contributed by atoms with Gasteiger partial charge in [-0.2, -0.15) is 0 Å². The fourth-order valence-electron chi connectivity index (χ4n) is 3.04. The molecule has 3 rings (SSSR count). The molecule has 0 amide bonds. The largest absolute Gasteiger partial charge is 0.383 e. The zero-order chi connectivity index (χ0) is 13.9. The molecule has 0 saturated carbocycles. The number of hydrogen-bond donors (Lipinski definition) is 1. The van der Waals surface area contributed by atoms with Gasteiger partial charge in [0.15, 0.2) is 0 Å². The highest BCUT2D eigenvalue weighted by Gasteiger charge is 2.19. The van der Waals surface area contributed by atoms with E-state index in [0.717, 1.165) is 41.6 Å². The van der Waals surface area contributed by atoms with E-state index in [0.29, 0.717) is 5.82 Å². The summed E-state index contributed by atoms with van der Waals surface area (Å²) in [5, 5.41) is 3.01. The van der Waals surface area contributed by atoms with Gasteiger partial charge in [-0.1, -0.05) is 19.8 Å².